The molecule has 1 aliphatic carbocycles. The molecule has 1 fully saturated rings. The standard InChI is InChI=1S/C17H28N2O7/c1-9(20)18-7-12-10(14(21)22)6-11(15(23)25-5)13(12)8-19-16(24)26-17(2,3)4/h10-13H,6-8H2,1-5H3,(H,18,20)(H,19,24)(H,21,22)/t10-,11+,12+,13-/m1/s1. The predicted molar refractivity (Wildman–Crippen MR) is 91.1 cm³/mol. The number of aliphatic carboxylic acids is 1. The average molecular weight is 372 g/mol. The molecule has 26 heavy (non-hydrogen) atoms. The molecule has 0 radical (unpaired) electrons. The van der Waals surface area contributed by atoms with Crippen LogP contribution in [0.2, 0.25) is 0 Å². The van der Waals surface area contributed by atoms with Gasteiger partial charge in [0.15, 0.2) is 0 Å². The Morgan fingerprint density at radius 3 is 2.04 bits per heavy atom. The van der Waals surface area contributed by atoms with Crippen molar-refractivity contribution in [2.75, 3.05) is 20.2 Å². The quantitative estimate of drug-likeness (QED) is 0.587. The summed E-state index contributed by atoms with van der Waals surface area (Å²) in [5.41, 5.74) is -0.680. The van der Waals surface area contributed by atoms with E-state index in [1.165, 1.54) is 14.0 Å². The summed E-state index contributed by atoms with van der Waals surface area (Å²) < 4.78 is 9.97. The number of rotatable bonds is 6. The molecule has 0 bridgehead atoms. The second-order valence-corrected chi connectivity index (χ2v) is 7.46. The first-order valence-electron chi connectivity index (χ1n) is 8.48. The van der Waals surface area contributed by atoms with Crippen molar-refractivity contribution in [2.24, 2.45) is 23.7 Å². The number of carboxylic acids is 1. The largest absolute Gasteiger partial charge is 0.481 e. The zero-order chi connectivity index (χ0) is 20.1. The van der Waals surface area contributed by atoms with E-state index < -0.39 is 47.3 Å². The maximum absolute atomic E-state index is 12.1. The third-order valence-corrected chi connectivity index (χ3v) is 4.38. The normalized spacial score (nSPS) is 25.3. The van der Waals surface area contributed by atoms with E-state index in [1.807, 2.05) is 0 Å². The number of hydrogen-bond acceptors (Lipinski definition) is 6. The highest BCUT2D eigenvalue weighted by atomic mass is 16.6. The molecule has 0 aromatic rings. The molecule has 1 aliphatic rings. The van der Waals surface area contributed by atoms with Crippen molar-refractivity contribution in [1.82, 2.24) is 10.6 Å². The summed E-state index contributed by atoms with van der Waals surface area (Å²) in [6.07, 6.45) is -0.564. The van der Waals surface area contributed by atoms with Gasteiger partial charge in [-0.1, -0.05) is 0 Å². The molecule has 1 rings (SSSR count). The van der Waals surface area contributed by atoms with Crippen LogP contribution >= 0.6 is 0 Å². The van der Waals surface area contributed by atoms with Gasteiger partial charge in [-0.15, -0.1) is 0 Å². The fourth-order valence-electron chi connectivity index (χ4n) is 3.29. The van der Waals surface area contributed by atoms with Crippen molar-refractivity contribution in [1.29, 1.82) is 0 Å². The molecular weight excluding hydrogens is 344 g/mol. The van der Waals surface area contributed by atoms with E-state index in [4.69, 9.17) is 9.47 Å². The maximum Gasteiger partial charge on any atom is 0.407 e. The van der Waals surface area contributed by atoms with Crippen molar-refractivity contribution in [3.05, 3.63) is 0 Å². The van der Waals surface area contributed by atoms with Crippen LogP contribution in [0.15, 0.2) is 0 Å². The third-order valence-electron chi connectivity index (χ3n) is 4.38. The molecule has 0 spiro atoms. The van der Waals surface area contributed by atoms with Crippen LogP contribution in [0, 0.1) is 23.7 Å². The summed E-state index contributed by atoms with van der Waals surface area (Å²) in [5.74, 6) is -4.40. The van der Waals surface area contributed by atoms with E-state index in [1.54, 1.807) is 20.8 Å². The van der Waals surface area contributed by atoms with Gasteiger partial charge < -0.3 is 25.2 Å². The molecule has 0 aliphatic heterocycles. The minimum atomic E-state index is -1.05. The zero-order valence-corrected chi connectivity index (χ0v) is 15.8. The summed E-state index contributed by atoms with van der Waals surface area (Å²) in [7, 11) is 1.23. The second-order valence-electron chi connectivity index (χ2n) is 7.46. The Morgan fingerprint density at radius 1 is 1.04 bits per heavy atom. The van der Waals surface area contributed by atoms with E-state index in [0.29, 0.717) is 0 Å². The summed E-state index contributed by atoms with van der Waals surface area (Å²) in [4.78, 5) is 46.9. The number of carbonyl (C=O) groups is 4. The van der Waals surface area contributed by atoms with Gasteiger partial charge in [-0.3, -0.25) is 14.4 Å². The van der Waals surface area contributed by atoms with Crippen molar-refractivity contribution in [3.8, 4) is 0 Å². The summed E-state index contributed by atoms with van der Waals surface area (Å²) in [6, 6.07) is 0. The van der Waals surface area contributed by atoms with Crippen molar-refractivity contribution >= 4 is 23.9 Å². The molecule has 0 aromatic carbocycles. The topological polar surface area (TPSA) is 131 Å². The Hall–Kier alpha value is -2.32. The lowest BCUT2D eigenvalue weighted by Crippen LogP contribution is -2.42. The fourth-order valence-corrected chi connectivity index (χ4v) is 3.29. The lowest BCUT2D eigenvalue weighted by atomic mass is 9.86. The number of carboxylic acid groups (broad SMARTS) is 1. The minimum Gasteiger partial charge on any atom is -0.481 e. The number of esters is 1. The van der Waals surface area contributed by atoms with E-state index in [2.05, 4.69) is 10.6 Å². The van der Waals surface area contributed by atoms with Crippen LogP contribution < -0.4 is 10.6 Å². The van der Waals surface area contributed by atoms with E-state index in [-0.39, 0.29) is 25.4 Å². The highest BCUT2D eigenvalue weighted by Crippen LogP contribution is 2.42. The molecule has 4 atom stereocenters. The maximum atomic E-state index is 12.1. The number of amides is 2. The van der Waals surface area contributed by atoms with Crippen LogP contribution in [0.3, 0.4) is 0 Å². The summed E-state index contributed by atoms with van der Waals surface area (Å²) in [5, 5.41) is 14.7. The first-order chi connectivity index (χ1) is 12.0. The zero-order valence-electron chi connectivity index (χ0n) is 15.8. The molecular formula is C17H28N2O7. The molecule has 1 saturated carbocycles. The van der Waals surface area contributed by atoms with Crippen LogP contribution in [-0.2, 0) is 23.9 Å². The minimum absolute atomic E-state index is 0.0444. The van der Waals surface area contributed by atoms with Crippen molar-refractivity contribution in [3.63, 3.8) is 0 Å². The highest BCUT2D eigenvalue weighted by molar-refractivity contribution is 5.78. The lowest BCUT2D eigenvalue weighted by molar-refractivity contribution is -0.147. The molecule has 9 heteroatoms. The van der Waals surface area contributed by atoms with Crippen LogP contribution in [0.25, 0.3) is 0 Å². The SMILES string of the molecule is COC(=O)[C@H]1C[C@@H](C(=O)O)[C@H](CNC(C)=O)[C@@H]1CNC(=O)OC(C)(C)C. The third kappa shape index (κ3) is 6.20. The number of hydrogen-bond donors (Lipinski definition) is 3. The molecule has 9 nitrogen and oxygen atoms in total. The van der Waals surface area contributed by atoms with Crippen LogP contribution in [0.4, 0.5) is 4.79 Å². The number of carbonyl (C=O) groups excluding carboxylic acids is 3. The molecule has 0 unspecified atom stereocenters. The number of alkyl carbamates (subject to hydrolysis) is 1. The van der Waals surface area contributed by atoms with Gasteiger partial charge in [0.2, 0.25) is 5.91 Å². The fraction of sp³-hybridized carbons (Fsp3) is 0.765. The van der Waals surface area contributed by atoms with Gasteiger partial charge >= 0.3 is 18.0 Å². The van der Waals surface area contributed by atoms with Crippen molar-refractivity contribution < 1.29 is 33.8 Å². The first kappa shape index (κ1) is 21.7. The van der Waals surface area contributed by atoms with Crippen molar-refractivity contribution in [2.45, 2.75) is 39.7 Å². The molecule has 148 valence electrons. The van der Waals surface area contributed by atoms with Gasteiger partial charge in [-0.2, -0.15) is 0 Å². The Morgan fingerprint density at radius 2 is 1.58 bits per heavy atom. The van der Waals surface area contributed by atoms with Gasteiger partial charge in [-0.05, 0) is 39.0 Å². The second kappa shape index (κ2) is 8.86. The van der Waals surface area contributed by atoms with Crippen LogP contribution in [0.1, 0.15) is 34.1 Å². The summed E-state index contributed by atoms with van der Waals surface area (Å²) >= 11 is 0. The molecule has 0 aromatic heterocycles. The highest BCUT2D eigenvalue weighted by Gasteiger charge is 2.49. The Labute approximate surface area is 152 Å². The monoisotopic (exact) mass is 372 g/mol. The molecule has 0 heterocycles. The summed E-state index contributed by atoms with van der Waals surface area (Å²) in [6.45, 7) is 6.64. The predicted octanol–water partition coefficient (Wildman–Crippen LogP) is 0.773. The van der Waals surface area contributed by atoms with Crippen LogP contribution in [-0.4, -0.2) is 54.8 Å². The van der Waals surface area contributed by atoms with Crippen LogP contribution in [0.5, 0.6) is 0 Å². The van der Waals surface area contributed by atoms with Gasteiger partial charge in [-0.25, -0.2) is 4.79 Å². The number of methoxy groups -OCH3 is 1. The molecule has 0 saturated heterocycles. The van der Waals surface area contributed by atoms with E-state index in [9.17, 15) is 24.3 Å². The average Bonchev–Trinajstić information content (AvgIpc) is 2.87. The lowest BCUT2D eigenvalue weighted by Gasteiger charge is -2.26. The number of ether oxygens (including phenoxy) is 2. The van der Waals surface area contributed by atoms with E-state index >= 15 is 0 Å². The first-order valence-corrected chi connectivity index (χ1v) is 8.48. The Bertz CT molecular complexity index is 556. The van der Waals surface area contributed by atoms with Gasteiger partial charge in [0.05, 0.1) is 18.9 Å². The number of nitrogens with one attached hydrogen (secondary N) is 2. The smallest absolute Gasteiger partial charge is 0.407 e. The van der Waals surface area contributed by atoms with Gasteiger partial charge in [0, 0.05) is 20.0 Å². The Kier molecular flexibility index (Phi) is 7.41. The van der Waals surface area contributed by atoms with Gasteiger partial charge in [0.1, 0.15) is 5.60 Å². The molecule has 2 amide bonds. The molecule has 3 N–H and O–H groups in total. The Balaban J connectivity index is 2.95. The van der Waals surface area contributed by atoms with Gasteiger partial charge in [0.25, 0.3) is 0 Å². The van der Waals surface area contributed by atoms with E-state index in [0.717, 1.165) is 0 Å².